The zero-order valence-corrected chi connectivity index (χ0v) is 23.7. The summed E-state index contributed by atoms with van der Waals surface area (Å²) in [6.45, 7) is 0.536. The highest BCUT2D eigenvalue weighted by atomic mass is 32.5. The summed E-state index contributed by atoms with van der Waals surface area (Å²) in [5.41, 5.74) is 8.60. The number of halogens is 1. The largest absolute Gasteiger partial charge is 0.462 e. The molecule has 1 unspecified atom stereocenters. The van der Waals surface area contributed by atoms with Gasteiger partial charge in [-0.3, -0.25) is 15.1 Å². The van der Waals surface area contributed by atoms with Gasteiger partial charge in [0.25, 0.3) is 0 Å². The molecule has 1 aliphatic rings. The highest BCUT2D eigenvalue weighted by molar-refractivity contribution is 8.09. The van der Waals surface area contributed by atoms with Crippen molar-refractivity contribution >= 4 is 41.0 Å². The van der Waals surface area contributed by atoms with Gasteiger partial charge >= 0.3 is 18.3 Å². The topological polar surface area (TPSA) is 173 Å². The maximum absolute atomic E-state index is 15.4. The normalized spacial score (nSPS) is 25.0. The number of hydrogen-bond acceptors (Lipinski definition) is 11. The summed E-state index contributed by atoms with van der Waals surface area (Å²) in [5, 5.41) is 15.0. The number of aliphatic hydroxyl groups is 1. The summed E-state index contributed by atoms with van der Waals surface area (Å²) in [6.07, 6.45) is -4.75. The molecule has 6 N–H and O–H groups in total. The third-order valence-corrected chi connectivity index (χ3v) is 8.48. The zero-order valence-electron chi connectivity index (χ0n) is 22.0. The molecule has 0 spiro atoms. The molecule has 1 saturated heterocycles. The number of esters is 1. The third-order valence-electron chi connectivity index (χ3n) is 6.01. The van der Waals surface area contributed by atoms with E-state index in [1.807, 2.05) is 30.3 Å². The lowest BCUT2D eigenvalue weighted by atomic mass is 10.1. The smallest absolute Gasteiger partial charge is 0.351 e. The first-order valence-corrected chi connectivity index (χ1v) is 15.0. The van der Waals surface area contributed by atoms with E-state index < -0.39 is 55.2 Å². The number of aliphatic hydroxyl groups excluding tert-OH is 1. The van der Waals surface area contributed by atoms with Crippen LogP contribution >= 0.6 is 6.64 Å². The highest BCUT2D eigenvalue weighted by Gasteiger charge is 2.55. The Morgan fingerprint density at radius 2 is 1.98 bits per heavy atom. The van der Waals surface area contributed by atoms with E-state index in [1.165, 1.54) is 19.2 Å². The van der Waals surface area contributed by atoms with Crippen molar-refractivity contribution in [3.05, 3.63) is 65.2 Å². The number of rotatable bonds is 10. The van der Waals surface area contributed by atoms with Gasteiger partial charge in [0.15, 0.2) is 18.1 Å². The fraction of sp³-hybridized carbons (Fsp3) is 0.400. The lowest BCUT2D eigenvalue weighted by Crippen LogP contribution is -2.53. The van der Waals surface area contributed by atoms with Gasteiger partial charge in [-0.05, 0) is 50.1 Å². The van der Waals surface area contributed by atoms with E-state index >= 15 is 4.39 Å². The average Bonchev–Trinajstić information content (AvgIpc) is 3.12. The predicted octanol–water partition coefficient (Wildman–Crippen LogP) is 2.11. The van der Waals surface area contributed by atoms with Crippen molar-refractivity contribution in [2.24, 2.45) is 5.73 Å². The van der Waals surface area contributed by atoms with Gasteiger partial charge in [-0.25, -0.2) is 14.3 Å². The van der Waals surface area contributed by atoms with E-state index in [0.717, 1.165) is 15.3 Å². The van der Waals surface area contributed by atoms with Gasteiger partial charge in [-0.1, -0.05) is 36.4 Å². The number of aromatic nitrogens is 2. The molecular weight excluding hydrogens is 564 g/mol. The Kier molecular flexibility index (Phi) is 8.90. The Bertz CT molecular complexity index is 1490. The number of anilines is 1. The SMILES string of the molecule is CC(C)OC(=O)[C@H](C)NP(=S)(OC[C@@]1(N)O[C@@H](n2ccc(N)nc2=O)[C@H](O)[C@@H]1F)Oc1cccc2ccccc12. The van der Waals surface area contributed by atoms with Crippen LogP contribution in [-0.4, -0.2) is 57.4 Å². The van der Waals surface area contributed by atoms with Crippen LogP contribution < -0.4 is 26.8 Å². The molecule has 3 aromatic rings. The number of nitrogen functional groups attached to an aromatic ring is 1. The molecular formula is C25H31FN5O7PS. The maximum Gasteiger partial charge on any atom is 0.351 e. The molecule has 2 aromatic carbocycles. The van der Waals surface area contributed by atoms with Crippen LogP contribution in [0.5, 0.6) is 5.75 Å². The minimum Gasteiger partial charge on any atom is -0.462 e. The van der Waals surface area contributed by atoms with Gasteiger partial charge in [0.2, 0.25) is 0 Å². The Morgan fingerprint density at radius 1 is 1.27 bits per heavy atom. The molecule has 40 heavy (non-hydrogen) atoms. The van der Waals surface area contributed by atoms with Crippen molar-refractivity contribution in [3.8, 4) is 5.75 Å². The number of carbonyl (C=O) groups is 1. The molecule has 12 nitrogen and oxygen atoms in total. The lowest BCUT2D eigenvalue weighted by molar-refractivity contribution is -0.149. The molecule has 0 radical (unpaired) electrons. The first-order chi connectivity index (χ1) is 18.8. The quantitative estimate of drug-likeness (QED) is 0.199. The monoisotopic (exact) mass is 595 g/mol. The van der Waals surface area contributed by atoms with E-state index in [0.29, 0.717) is 5.75 Å². The van der Waals surface area contributed by atoms with Crippen molar-refractivity contribution < 1.29 is 32.8 Å². The minimum absolute atomic E-state index is 0.0599. The van der Waals surface area contributed by atoms with Crippen LogP contribution in [-0.2, 0) is 30.6 Å². The van der Waals surface area contributed by atoms with Crippen molar-refractivity contribution in [1.29, 1.82) is 0 Å². The van der Waals surface area contributed by atoms with E-state index in [4.69, 9.17) is 41.8 Å². The van der Waals surface area contributed by atoms with Crippen LogP contribution in [0.2, 0.25) is 0 Å². The predicted molar refractivity (Wildman–Crippen MR) is 149 cm³/mol. The Balaban J connectivity index is 1.61. The number of hydrogen-bond donors (Lipinski definition) is 4. The van der Waals surface area contributed by atoms with Crippen LogP contribution in [0.25, 0.3) is 10.8 Å². The van der Waals surface area contributed by atoms with Crippen molar-refractivity contribution in [3.63, 3.8) is 0 Å². The molecule has 0 amide bonds. The Morgan fingerprint density at radius 3 is 2.67 bits per heavy atom. The number of nitrogens with one attached hydrogen (secondary N) is 1. The van der Waals surface area contributed by atoms with Crippen molar-refractivity contribution in [2.45, 2.75) is 57.1 Å². The van der Waals surface area contributed by atoms with Gasteiger partial charge in [-0.2, -0.15) is 4.98 Å². The Hall–Kier alpha value is -2.97. The number of carbonyl (C=O) groups excluding carboxylic acids is 1. The minimum atomic E-state index is -3.67. The van der Waals surface area contributed by atoms with Crippen LogP contribution in [0.1, 0.15) is 27.0 Å². The van der Waals surface area contributed by atoms with Gasteiger partial charge < -0.3 is 29.4 Å². The second-order valence-corrected chi connectivity index (χ2v) is 12.7. The van der Waals surface area contributed by atoms with Crippen molar-refractivity contribution in [1.82, 2.24) is 14.6 Å². The molecule has 15 heteroatoms. The molecule has 1 aromatic heterocycles. The standard InChI is InChI=1S/C25H31FN5O7PS/c1-14(2)36-23(33)15(3)30-39(40,38-18-10-6-8-16-7-4-5-9-17(16)18)35-13-25(28)21(26)20(32)22(37-25)31-12-11-19(27)29-24(31)34/h4-12,14-15,20-22,32H,13,28H2,1-3H3,(H,30,40)(H2,27,29,34)/t15-,20+,21-,22+,25+,39?/m0/s1. The van der Waals surface area contributed by atoms with Crippen LogP contribution in [0.3, 0.4) is 0 Å². The molecule has 4 rings (SSSR count). The van der Waals surface area contributed by atoms with Crippen molar-refractivity contribution in [2.75, 3.05) is 12.3 Å². The van der Waals surface area contributed by atoms with E-state index in [2.05, 4.69) is 10.1 Å². The fourth-order valence-corrected chi connectivity index (χ4v) is 6.48. The number of benzene rings is 2. The summed E-state index contributed by atoms with van der Waals surface area (Å²) in [6, 6.07) is 13.0. The van der Waals surface area contributed by atoms with E-state index in [9.17, 15) is 14.7 Å². The second-order valence-electron chi connectivity index (χ2n) is 9.57. The van der Waals surface area contributed by atoms with E-state index in [-0.39, 0.29) is 11.9 Å². The third kappa shape index (κ3) is 6.50. The number of nitrogens with two attached hydrogens (primary N) is 2. The summed E-state index contributed by atoms with van der Waals surface area (Å²) in [7, 11) is 0. The van der Waals surface area contributed by atoms with Gasteiger partial charge in [0.1, 0.15) is 30.3 Å². The number of ether oxygens (including phenoxy) is 2. The number of alkyl halides is 1. The molecule has 0 bridgehead atoms. The number of nitrogens with zero attached hydrogens (tertiary/aromatic N) is 2. The molecule has 0 aliphatic carbocycles. The van der Waals surface area contributed by atoms with Crippen LogP contribution in [0.4, 0.5) is 10.2 Å². The number of fused-ring (bicyclic) bond motifs is 1. The van der Waals surface area contributed by atoms with Crippen LogP contribution in [0, 0.1) is 0 Å². The summed E-state index contributed by atoms with van der Waals surface area (Å²) < 4.78 is 39.2. The molecule has 6 atom stereocenters. The molecule has 0 saturated carbocycles. The van der Waals surface area contributed by atoms with E-state index in [1.54, 1.807) is 26.0 Å². The second kappa shape index (κ2) is 11.9. The highest BCUT2D eigenvalue weighted by Crippen LogP contribution is 2.49. The zero-order chi connectivity index (χ0) is 29.2. The summed E-state index contributed by atoms with van der Waals surface area (Å²) in [4.78, 5) is 28.4. The van der Waals surface area contributed by atoms with Gasteiger partial charge in [0.05, 0.1) is 6.10 Å². The molecule has 216 valence electrons. The van der Waals surface area contributed by atoms with Crippen LogP contribution in [0.15, 0.2) is 59.5 Å². The average molecular weight is 596 g/mol. The lowest BCUT2D eigenvalue weighted by Gasteiger charge is -2.31. The molecule has 1 aliphatic heterocycles. The Labute approximate surface area is 234 Å². The molecule has 1 fully saturated rings. The summed E-state index contributed by atoms with van der Waals surface area (Å²) >= 11 is 5.74. The van der Waals surface area contributed by atoms with Gasteiger partial charge in [-0.15, -0.1) is 0 Å². The maximum atomic E-state index is 15.4. The molecule has 2 heterocycles. The first kappa shape index (κ1) is 30.0. The summed E-state index contributed by atoms with van der Waals surface area (Å²) in [5.74, 6) is -0.315. The fourth-order valence-electron chi connectivity index (χ4n) is 4.05. The van der Waals surface area contributed by atoms with Gasteiger partial charge in [0, 0.05) is 11.6 Å². The first-order valence-electron chi connectivity index (χ1n) is 12.4.